The van der Waals surface area contributed by atoms with Crippen LogP contribution in [0.4, 0.5) is 0 Å². The van der Waals surface area contributed by atoms with Gasteiger partial charge in [-0.25, -0.2) is 0 Å². The van der Waals surface area contributed by atoms with E-state index in [4.69, 9.17) is 9.47 Å². The summed E-state index contributed by atoms with van der Waals surface area (Å²) in [5, 5.41) is 11.6. The molecule has 122 valence electrons. The summed E-state index contributed by atoms with van der Waals surface area (Å²) < 4.78 is 12.9. The van der Waals surface area contributed by atoms with E-state index in [1.54, 1.807) is 23.7 Å². The molecule has 1 fully saturated rings. The van der Waals surface area contributed by atoms with Crippen LogP contribution in [0.1, 0.15) is 16.9 Å². The van der Waals surface area contributed by atoms with Crippen molar-refractivity contribution in [3.8, 4) is 16.9 Å². The number of fused-ring (bicyclic) bond motifs is 3. The van der Waals surface area contributed by atoms with Crippen molar-refractivity contribution in [2.24, 2.45) is 0 Å². The molecule has 2 aliphatic rings. The van der Waals surface area contributed by atoms with Crippen LogP contribution in [0.15, 0.2) is 36.7 Å². The first kappa shape index (κ1) is 14.4. The summed E-state index contributed by atoms with van der Waals surface area (Å²) in [5.41, 5.74) is 3.34. The molecular formula is C19H17NO3S. The van der Waals surface area contributed by atoms with Gasteiger partial charge in [0.05, 0.1) is 13.2 Å². The van der Waals surface area contributed by atoms with E-state index in [0.717, 1.165) is 40.5 Å². The molecule has 0 unspecified atom stereocenters. The number of phenols is 1. The summed E-state index contributed by atoms with van der Waals surface area (Å²) in [7, 11) is 0. The molecule has 0 atom stereocenters. The summed E-state index contributed by atoms with van der Waals surface area (Å²) in [6.45, 7) is 1.36. The third-order valence-corrected chi connectivity index (χ3v) is 6.14. The number of aromatic nitrogens is 1. The Morgan fingerprint density at radius 2 is 1.88 bits per heavy atom. The largest absolute Gasteiger partial charge is 0.507 e. The predicted molar refractivity (Wildman–Crippen MR) is 93.4 cm³/mol. The van der Waals surface area contributed by atoms with Gasteiger partial charge in [-0.05, 0) is 47.4 Å². The molecule has 0 amide bonds. The lowest BCUT2D eigenvalue weighted by Gasteiger charge is -2.31. The number of hydrogen-bond acceptors (Lipinski definition) is 5. The van der Waals surface area contributed by atoms with Crippen LogP contribution in [-0.2, 0) is 22.3 Å². The second kappa shape index (κ2) is 5.28. The third-order valence-electron chi connectivity index (χ3n) is 4.97. The van der Waals surface area contributed by atoms with Gasteiger partial charge < -0.3 is 14.6 Å². The number of phenolic OH excluding ortho intramolecular Hbond substituents is 1. The van der Waals surface area contributed by atoms with Crippen LogP contribution in [0.2, 0.25) is 0 Å². The predicted octanol–water partition coefficient (Wildman–Crippen LogP) is 3.90. The molecule has 24 heavy (non-hydrogen) atoms. The maximum absolute atomic E-state index is 10.6. The Balaban J connectivity index is 1.63. The van der Waals surface area contributed by atoms with Crippen LogP contribution >= 0.6 is 11.3 Å². The van der Waals surface area contributed by atoms with Gasteiger partial charge in [0, 0.05) is 40.2 Å². The molecule has 5 heteroatoms. The zero-order valence-electron chi connectivity index (χ0n) is 13.1. The van der Waals surface area contributed by atoms with Crippen LogP contribution < -0.4 is 0 Å². The van der Waals surface area contributed by atoms with Crippen molar-refractivity contribution in [1.29, 1.82) is 0 Å². The van der Waals surface area contributed by atoms with E-state index in [1.165, 1.54) is 10.4 Å². The van der Waals surface area contributed by atoms with Gasteiger partial charge in [-0.1, -0.05) is 0 Å². The SMILES string of the molecule is Oc1cc(-c2ccncc2)cc2sc3c(c12)CCC1(C3)OCCO1. The Morgan fingerprint density at radius 1 is 1.08 bits per heavy atom. The van der Waals surface area contributed by atoms with Crippen LogP contribution in [0.3, 0.4) is 0 Å². The molecule has 1 aliphatic heterocycles. The topological polar surface area (TPSA) is 51.6 Å². The van der Waals surface area contributed by atoms with Crippen molar-refractivity contribution in [3.05, 3.63) is 47.1 Å². The van der Waals surface area contributed by atoms with E-state index in [9.17, 15) is 5.11 Å². The van der Waals surface area contributed by atoms with E-state index in [-0.39, 0.29) is 0 Å². The van der Waals surface area contributed by atoms with Crippen LogP contribution in [-0.4, -0.2) is 29.1 Å². The first-order valence-corrected chi connectivity index (χ1v) is 9.01. The number of aromatic hydroxyl groups is 1. The minimum Gasteiger partial charge on any atom is -0.507 e. The number of benzene rings is 1. The standard InChI is InChI=1S/C19H17NO3S/c21-15-9-13(12-2-5-20-6-3-12)10-16-18(15)14-1-4-19(11-17(14)24-16)22-7-8-23-19/h2-3,5-6,9-10,21H,1,4,7-8,11H2. The van der Waals surface area contributed by atoms with E-state index in [0.29, 0.717) is 19.0 Å². The second-order valence-corrected chi connectivity index (χ2v) is 7.53. The Kier molecular flexibility index (Phi) is 3.16. The normalized spacial score (nSPS) is 19.0. The lowest BCUT2D eigenvalue weighted by Crippen LogP contribution is -2.36. The number of ether oxygens (including phenoxy) is 2. The van der Waals surface area contributed by atoms with Gasteiger partial charge in [0.15, 0.2) is 5.79 Å². The van der Waals surface area contributed by atoms with Crippen molar-refractivity contribution in [2.45, 2.75) is 25.0 Å². The van der Waals surface area contributed by atoms with Gasteiger partial charge in [0.1, 0.15) is 5.75 Å². The van der Waals surface area contributed by atoms with E-state index in [1.807, 2.05) is 18.2 Å². The maximum Gasteiger partial charge on any atom is 0.173 e. The molecule has 0 radical (unpaired) electrons. The van der Waals surface area contributed by atoms with E-state index >= 15 is 0 Å². The first-order chi connectivity index (χ1) is 11.7. The molecule has 4 nitrogen and oxygen atoms in total. The molecule has 2 aromatic heterocycles. The highest BCUT2D eigenvalue weighted by Crippen LogP contribution is 2.46. The summed E-state index contributed by atoms with van der Waals surface area (Å²) in [6.07, 6.45) is 6.07. The number of rotatable bonds is 1. The Hall–Kier alpha value is -1.95. The molecular weight excluding hydrogens is 322 g/mol. The maximum atomic E-state index is 10.6. The molecule has 0 bridgehead atoms. The number of aryl methyl sites for hydroxylation is 1. The summed E-state index contributed by atoms with van der Waals surface area (Å²) in [4.78, 5) is 5.34. The second-order valence-electron chi connectivity index (χ2n) is 6.39. The minimum atomic E-state index is -0.433. The Bertz CT molecular complexity index is 913. The highest BCUT2D eigenvalue weighted by Gasteiger charge is 2.41. The number of pyridine rings is 1. The fourth-order valence-corrected chi connectivity index (χ4v) is 5.23. The smallest absolute Gasteiger partial charge is 0.173 e. The monoisotopic (exact) mass is 339 g/mol. The number of nitrogens with zero attached hydrogens (tertiary/aromatic N) is 1. The molecule has 1 saturated heterocycles. The average Bonchev–Trinajstić information content (AvgIpc) is 3.20. The van der Waals surface area contributed by atoms with Crippen molar-refractivity contribution < 1.29 is 14.6 Å². The van der Waals surface area contributed by atoms with Gasteiger partial charge in [-0.15, -0.1) is 11.3 Å². The van der Waals surface area contributed by atoms with Gasteiger partial charge >= 0.3 is 0 Å². The first-order valence-electron chi connectivity index (χ1n) is 8.20. The number of thiophene rings is 1. The van der Waals surface area contributed by atoms with Gasteiger partial charge in [-0.3, -0.25) is 4.98 Å². The van der Waals surface area contributed by atoms with Crippen molar-refractivity contribution in [3.63, 3.8) is 0 Å². The van der Waals surface area contributed by atoms with Crippen molar-refractivity contribution in [1.82, 2.24) is 4.98 Å². The zero-order chi connectivity index (χ0) is 16.1. The molecule has 1 aromatic carbocycles. The average molecular weight is 339 g/mol. The van der Waals surface area contributed by atoms with Crippen LogP contribution in [0.25, 0.3) is 21.2 Å². The Labute approximate surface area is 143 Å². The van der Waals surface area contributed by atoms with Gasteiger partial charge in [0.25, 0.3) is 0 Å². The molecule has 1 spiro atoms. The van der Waals surface area contributed by atoms with Crippen molar-refractivity contribution >= 4 is 21.4 Å². The Morgan fingerprint density at radius 3 is 2.67 bits per heavy atom. The molecule has 1 N–H and O–H groups in total. The van der Waals surface area contributed by atoms with E-state index < -0.39 is 5.79 Å². The molecule has 0 saturated carbocycles. The zero-order valence-corrected chi connectivity index (χ0v) is 13.9. The lowest BCUT2D eigenvalue weighted by atomic mass is 9.90. The van der Waals surface area contributed by atoms with Crippen molar-refractivity contribution in [2.75, 3.05) is 13.2 Å². The van der Waals surface area contributed by atoms with Gasteiger partial charge in [-0.2, -0.15) is 0 Å². The summed E-state index contributed by atoms with van der Waals surface area (Å²) in [5.74, 6) is -0.0711. The van der Waals surface area contributed by atoms with Crippen LogP contribution in [0.5, 0.6) is 5.75 Å². The minimum absolute atomic E-state index is 0.362. The summed E-state index contributed by atoms with van der Waals surface area (Å²) in [6, 6.07) is 7.95. The van der Waals surface area contributed by atoms with E-state index in [2.05, 4.69) is 11.1 Å². The quantitative estimate of drug-likeness (QED) is 0.730. The lowest BCUT2D eigenvalue weighted by molar-refractivity contribution is -0.163. The highest BCUT2D eigenvalue weighted by molar-refractivity contribution is 7.19. The number of hydrogen-bond donors (Lipinski definition) is 1. The third kappa shape index (κ3) is 2.16. The molecule has 3 aromatic rings. The highest BCUT2D eigenvalue weighted by atomic mass is 32.1. The molecule has 3 heterocycles. The fourth-order valence-electron chi connectivity index (χ4n) is 3.83. The molecule has 1 aliphatic carbocycles. The summed E-state index contributed by atoms with van der Waals surface area (Å²) >= 11 is 1.75. The van der Waals surface area contributed by atoms with Gasteiger partial charge in [0.2, 0.25) is 0 Å². The van der Waals surface area contributed by atoms with Crippen LogP contribution in [0, 0.1) is 0 Å². The fraction of sp³-hybridized carbons (Fsp3) is 0.316. The molecule has 5 rings (SSSR count).